The van der Waals surface area contributed by atoms with E-state index in [1.165, 1.54) is 0 Å². The number of nitrogens with one attached hydrogen (secondary N) is 1. The van der Waals surface area contributed by atoms with Crippen LogP contribution in [0.5, 0.6) is 0 Å². The van der Waals surface area contributed by atoms with E-state index in [4.69, 9.17) is 21.9 Å². The number of hydrogen-bond acceptors (Lipinski definition) is 4. The minimum absolute atomic E-state index is 0.235. The quantitative estimate of drug-likeness (QED) is 0.505. The summed E-state index contributed by atoms with van der Waals surface area (Å²) in [6, 6.07) is 9.48. The van der Waals surface area contributed by atoms with Crippen LogP contribution in [0.3, 0.4) is 0 Å². The summed E-state index contributed by atoms with van der Waals surface area (Å²) < 4.78 is 5.36. The second kappa shape index (κ2) is 6.83. The second-order valence-corrected chi connectivity index (χ2v) is 5.64. The molecule has 0 atom stereocenters. The topological polar surface area (TPSA) is 68.3 Å². The minimum Gasteiger partial charge on any atom is -0.456 e. The fourth-order valence-corrected chi connectivity index (χ4v) is 3.09. The van der Waals surface area contributed by atoms with Crippen LogP contribution < -0.4 is 11.3 Å². The van der Waals surface area contributed by atoms with E-state index in [1.807, 2.05) is 31.2 Å². The summed E-state index contributed by atoms with van der Waals surface area (Å²) in [5.74, 6) is 7.18. The van der Waals surface area contributed by atoms with E-state index in [9.17, 15) is 4.79 Å². The zero-order chi connectivity index (χ0) is 14.5. The number of amides is 1. The Morgan fingerprint density at radius 1 is 1.35 bits per heavy atom. The number of hydrazine groups is 1. The molecule has 2 rings (SSSR count). The summed E-state index contributed by atoms with van der Waals surface area (Å²) in [5, 5.41) is 0.770. The highest BCUT2D eigenvalue weighted by Gasteiger charge is 2.13. The molecule has 106 valence electrons. The fraction of sp³-hybridized carbons (Fsp3) is 0.214. The van der Waals surface area contributed by atoms with Gasteiger partial charge >= 0.3 is 5.91 Å². The summed E-state index contributed by atoms with van der Waals surface area (Å²) >= 11 is 7.82. The van der Waals surface area contributed by atoms with Crippen LogP contribution in [0.25, 0.3) is 0 Å². The molecule has 0 bridgehead atoms. The van der Waals surface area contributed by atoms with Crippen molar-refractivity contribution < 1.29 is 9.21 Å². The van der Waals surface area contributed by atoms with Crippen LogP contribution in [0.2, 0.25) is 5.02 Å². The first-order valence-electron chi connectivity index (χ1n) is 6.03. The van der Waals surface area contributed by atoms with Gasteiger partial charge in [-0.25, -0.2) is 5.84 Å². The molecule has 1 heterocycles. The third-order valence-corrected chi connectivity index (χ3v) is 4.25. The first-order chi connectivity index (χ1) is 9.61. The molecular weight excluding hydrogens is 296 g/mol. The Balaban J connectivity index is 1.96. The van der Waals surface area contributed by atoms with Gasteiger partial charge in [-0.2, -0.15) is 11.8 Å². The van der Waals surface area contributed by atoms with Crippen molar-refractivity contribution in [3.63, 3.8) is 0 Å². The van der Waals surface area contributed by atoms with Crippen molar-refractivity contribution in [1.29, 1.82) is 0 Å². The number of hydrogen-bond donors (Lipinski definition) is 2. The third-order valence-electron chi connectivity index (χ3n) is 2.85. The highest BCUT2D eigenvalue weighted by atomic mass is 35.5. The minimum atomic E-state index is -0.421. The molecule has 2 aromatic rings. The number of thioether (sulfide) groups is 1. The molecule has 0 aliphatic carbocycles. The Morgan fingerprint density at radius 3 is 2.75 bits per heavy atom. The lowest BCUT2D eigenvalue weighted by atomic mass is 10.2. The summed E-state index contributed by atoms with van der Waals surface area (Å²) in [4.78, 5) is 11.4. The lowest BCUT2D eigenvalue weighted by Crippen LogP contribution is -2.29. The molecule has 1 aromatic heterocycles. The molecule has 6 heteroatoms. The van der Waals surface area contributed by atoms with Crippen molar-refractivity contribution in [1.82, 2.24) is 5.43 Å². The van der Waals surface area contributed by atoms with Crippen LogP contribution in [0.4, 0.5) is 0 Å². The Kier molecular flexibility index (Phi) is 5.11. The zero-order valence-corrected chi connectivity index (χ0v) is 12.6. The number of furan rings is 1. The lowest BCUT2D eigenvalue weighted by molar-refractivity contribution is 0.0924. The van der Waals surface area contributed by atoms with Crippen LogP contribution in [0.15, 0.2) is 34.7 Å². The summed E-state index contributed by atoms with van der Waals surface area (Å²) in [5.41, 5.74) is 4.14. The van der Waals surface area contributed by atoms with Gasteiger partial charge in [-0.3, -0.25) is 10.2 Å². The maximum atomic E-state index is 11.4. The van der Waals surface area contributed by atoms with E-state index in [2.05, 4.69) is 5.43 Å². The Labute approximate surface area is 126 Å². The number of rotatable bonds is 5. The van der Waals surface area contributed by atoms with Gasteiger partial charge in [-0.1, -0.05) is 29.8 Å². The number of aryl methyl sites for hydroxylation is 1. The number of nitrogen functional groups attached to an aromatic ring is 1. The Hall–Kier alpha value is -1.43. The van der Waals surface area contributed by atoms with Gasteiger partial charge in [0, 0.05) is 22.1 Å². The first kappa shape index (κ1) is 15.0. The number of benzene rings is 1. The number of carbonyl (C=O) groups excluding carboxylic acids is 1. The van der Waals surface area contributed by atoms with Gasteiger partial charge in [0.05, 0.1) is 0 Å². The van der Waals surface area contributed by atoms with E-state index in [0.29, 0.717) is 0 Å². The summed E-state index contributed by atoms with van der Waals surface area (Å²) in [6.07, 6.45) is 0. The molecule has 0 radical (unpaired) electrons. The van der Waals surface area contributed by atoms with Crippen molar-refractivity contribution in [3.05, 3.63) is 58.0 Å². The van der Waals surface area contributed by atoms with Gasteiger partial charge in [0.2, 0.25) is 0 Å². The van der Waals surface area contributed by atoms with E-state index in [1.54, 1.807) is 17.8 Å². The molecule has 0 fully saturated rings. The summed E-state index contributed by atoms with van der Waals surface area (Å²) in [7, 11) is 0. The highest BCUT2D eigenvalue weighted by Crippen LogP contribution is 2.25. The maximum absolute atomic E-state index is 11.4. The van der Waals surface area contributed by atoms with Crippen molar-refractivity contribution in [3.8, 4) is 0 Å². The third kappa shape index (κ3) is 3.56. The fourth-order valence-electron chi connectivity index (χ4n) is 1.73. The standard InChI is InChI=1S/C14H15ClN2O2S/c1-9-11(6-13(19-9)14(18)17-16)8-20-7-10-4-2-3-5-12(10)15/h2-6H,7-8,16H2,1H3,(H,17,18). The predicted octanol–water partition coefficient (Wildman–Crippen LogP) is 3.28. The van der Waals surface area contributed by atoms with Crippen LogP contribution >= 0.6 is 23.4 Å². The van der Waals surface area contributed by atoms with Crippen LogP contribution in [-0.4, -0.2) is 5.91 Å². The van der Waals surface area contributed by atoms with Crippen molar-refractivity contribution in [2.24, 2.45) is 5.84 Å². The molecule has 0 aliphatic heterocycles. The van der Waals surface area contributed by atoms with Crippen LogP contribution in [-0.2, 0) is 11.5 Å². The van der Waals surface area contributed by atoms with E-state index in [-0.39, 0.29) is 5.76 Å². The average molecular weight is 311 g/mol. The van der Waals surface area contributed by atoms with Gasteiger partial charge < -0.3 is 4.42 Å². The molecule has 3 N–H and O–H groups in total. The van der Waals surface area contributed by atoms with E-state index in [0.717, 1.165) is 33.4 Å². The molecule has 0 saturated heterocycles. The van der Waals surface area contributed by atoms with Gasteiger partial charge in [0.25, 0.3) is 0 Å². The number of halogens is 1. The van der Waals surface area contributed by atoms with Crippen molar-refractivity contribution in [2.75, 3.05) is 0 Å². The van der Waals surface area contributed by atoms with Gasteiger partial charge in [-0.05, 0) is 24.6 Å². The molecule has 1 amide bonds. The van der Waals surface area contributed by atoms with Crippen molar-refractivity contribution in [2.45, 2.75) is 18.4 Å². The second-order valence-electron chi connectivity index (χ2n) is 4.25. The van der Waals surface area contributed by atoms with Crippen LogP contribution in [0, 0.1) is 6.92 Å². The maximum Gasteiger partial charge on any atom is 0.300 e. The van der Waals surface area contributed by atoms with E-state index < -0.39 is 5.91 Å². The molecule has 20 heavy (non-hydrogen) atoms. The summed E-state index contributed by atoms with van der Waals surface area (Å²) in [6.45, 7) is 1.83. The smallest absolute Gasteiger partial charge is 0.300 e. The molecule has 1 aromatic carbocycles. The SMILES string of the molecule is Cc1oc(C(=O)NN)cc1CSCc1ccccc1Cl. The monoisotopic (exact) mass is 310 g/mol. The van der Waals surface area contributed by atoms with E-state index >= 15 is 0 Å². The molecule has 0 aliphatic rings. The van der Waals surface area contributed by atoms with Gasteiger partial charge in [0.15, 0.2) is 5.76 Å². The first-order valence-corrected chi connectivity index (χ1v) is 7.56. The normalized spacial score (nSPS) is 10.6. The molecule has 0 spiro atoms. The Bertz CT molecular complexity index is 613. The molecule has 0 unspecified atom stereocenters. The molecule has 0 saturated carbocycles. The van der Waals surface area contributed by atoms with Crippen molar-refractivity contribution >= 4 is 29.3 Å². The number of carbonyl (C=O) groups is 1. The predicted molar refractivity (Wildman–Crippen MR) is 81.5 cm³/mol. The molecular formula is C14H15ClN2O2S. The lowest BCUT2D eigenvalue weighted by Gasteiger charge is -2.03. The average Bonchev–Trinajstić information content (AvgIpc) is 2.81. The van der Waals surface area contributed by atoms with Gasteiger partial charge in [0.1, 0.15) is 5.76 Å². The largest absolute Gasteiger partial charge is 0.456 e. The van der Waals surface area contributed by atoms with Crippen LogP contribution in [0.1, 0.15) is 27.4 Å². The number of nitrogens with two attached hydrogens (primary N) is 1. The molecule has 4 nitrogen and oxygen atoms in total. The van der Waals surface area contributed by atoms with Gasteiger partial charge in [-0.15, -0.1) is 0 Å². The Morgan fingerprint density at radius 2 is 2.05 bits per heavy atom. The highest BCUT2D eigenvalue weighted by molar-refractivity contribution is 7.97. The zero-order valence-electron chi connectivity index (χ0n) is 11.0.